The third-order valence-corrected chi connectivity index (χ3v) is 5.29. The number of fused-ring (bicyclic) bond motifs is 2. The van der Waals surface area contributed by atoms with Crippen LogP contribution in [0, 0.1) is 0 Å². The molecule has 3 N–H and O–H groups in total. The second kappa shape index (κ2) is 9.29. The first-order valence-corrected chi connectivity index (χ1v) is 10.3. The number of aromatic nitrogens is 5. The van der Waals surface area contributed by atoms with Gasteiger partial charge >= 0.3 is 12.1 Å². The van der Waals surface area contributed by atoms with Crippen LogP contribution < -0.4 is 10.6 Å². The first kappa shape index (κ1) is 24.1. The second-order valence-corrected chi connectivity index (χ2v) is 7.80. The van der Waals surface area contributed by atoms with Gasteiger partial charge in [0.25, 0.3) is 5.91 Å². The van der Waals surface area contributed by atoms with Crippen molar-refractivity contribution in [3.8, 4) is 0 Å². The molecule has 0 aliphatic carbocycles. The van der Waals surface area contributed by atoms with E-state index in [1.165, 1.54) is 0 Å². The molecule has 1 aliphatic heterocycles. The van der Waals surface area contributed by atoms with Gasteiger partial charge in [-0.05, 0) is 18.2 Å². The molecular weight excluding hydrogens is 474 g/mol. The van der Waals surface area contributed by atoms with Gasteiger partial charge in [-0.2, -0.15) is 18.3 Å². The molecule has 0 saturated carbocycles. The van der Waals surface area contributed by atoms with Crippen LogP contribution >= 0.6 is 0 Å². The number of halogens is 4. The summed E-state index contributed by atoms with van der Waals surface area (Å²) in [4.78, 5) is 30.3. The minimum atomic E-state index is -5.08. The Morgan fingerprint density at radius 2 is 1.97 bits per heavy atom. The number of hydrogen-bond acceptors (Lipinski definition) is 6. The van der Waals surface area contributed by atoms with Gasteiger partial charge < -0.3 is 20.1 Å². The van der Waals surface area contributed by atoms with Crippen LogP contribution in [-0.2, 0) is 11.8 Å². The lowest BCUT2D eigenvalue weighted by molar-refractivity contribution is -0.192. The van der Waals surface area contributed by atoms with E-state index in [0.29, 0.717) is 30.0 Å². The first-order valence-electron chi connectivity index (χ1n) is 10.3. The molecular formula is C21H19F4N7O3. The van der Waals surface area contributed by atoms with Crippen molar-refractivity contribution in [2.75, 3.05) is 11.9 Å². The summed E-state index contributed by atoms with van der Waals surface area (Å²) in [6, 6.07) is 5.32. The van der Waals surface area contributed by atoms with Gasteiger partial charge in [0.1, 0.15) is 12.0 Å². The molecule has 5 rings (SSSR count). The second-order valence-electron chi connectivity index (χ2n) is 7.80. The number of anilines is 1. The van der Waals surface area contributed by atoms with E-state index in [1.807, 2.05) is 19.3 Å². The van der Waals surface area contributed by atoms with Crippen molar-refractivity contribution in [1.29, 1.82) is 0 Å². The number of benzene rings is 1. The number of imidazole rings is 1. The molecule has 10 nitrogen and oxygen atoms in total. The van der Waals surface area contributed by atoms with E-state index in [-0.39, 0.29) is 11.9 Å². The summed E-state index contributed by atoms with van der Waals surface area (Å²) in [6.45, 7) is 0.347. The van der Waals surface area contributed by atoms with Gasteiger partial charge in [-0.3, -0.25) is 9.48 Å². The Morgan fingerprint density at radius 3 is 2.63 bits per heavy atom. The third kappa shape index (κ3) is 5.37. The number of alkyl halides is 4. The fraction of sp³-hybridized carbons (Fsp3) is 0.286. The van der Waals surface area contributed by atoms with Crippen LogP contribution in [0.4, 0.5) is 23.4 Å². The number of aliphatic carboxylic acids is 1. The Balaban J connectivity index is 0.000000364. The number of carbonyl (C=O) groups excluding carboxylic acids is 1. The van der Waals surface area contributed by atoms with Gasteiger partial charge in [0.15, 0.2) is 5.65 Å². The molecule has 1 fully saturated rings. The zero-order valence-electron chi connectivity index (χ0n) is 18.1. The molecule has 2 atom stereocenters. The SMILES string of the molecule is Cn1ncc2cc(C(=O)Nc3cn4cc([C@H]5C[C@H](F)CN5)nc4cn3)ccc21.O=C(O)C(F)(F)F. The number of nitrogens with zero attached hydrogens (tertiary/aromatic N) is 5. The topological polar surface area (TPSA) is 126 Å². The van der Waals surface area contributed by atoms with Crippen molar-refractivity contribution >= 4 is 34.2 Å². The number of amides is 1. The Labute approximate surface area is 194 Å². The van der Waals surface area contributed by atoms with Crippen molar-refractivity contribution < 1.29 is 32.3 Å². The fourth-order valence-electron chi connectivity index (χ4n) is 3.56. The minimum absolute atomic E-state index is 0.0980. The molecule has 14 heteroatoms. The van der Waals surface area contributed by atoms with Crippen LogP contribution in [0.3, 0.4) is 0 Å². The summed E-state index contributed by atoms with van der Waals surface area (Å²) in [5.74, 6) is -2.60. The molecule has 35 heavy (non-hydrogen) atoms. The lowest BCUT2D eigenvalue weighted by atomic mass is 10.1. The molecule has 0 unspecified atom stereocenters. The van der Waals surface area contributed by atoms with Gasteiger partial charge in [0.05, 0.1) is 35.8 Å². The minimum Gasteiger partial charge on any atom is -0.475 e. The number of carboxylic acid groups (broad SMARTS) is 1. The highest BCUT2D eigenvalue weighted by Crippen LogP contribution is 2.25. The van der Waals surface area contributed by atoms with E-state index in [0.717, 1.165) is 16.6 Å². The van der Waals surface area contributed by atoms with E-state index in [1.54, 1.807) is 39.8 Å². The van der Waals surface area contributed by atoms with E-state index in [9.17, 15) is 22.4 Å². The highest BCUT2D eigenvalue weighted by Gasteiger charge is 2.38. The average Bonchev–Trinajstić information content (AvgIpc) is 3.51. The van der Waals surface area contributed by atoms with E-state index >= 15 is 0 Å². The number of rotatable bonds is 3. The molecule has 1 amide bonds. The van der Waals surface area contributed by atoms with Gasteiger partial charge in [-0.15, -0.1) is 0 Å². The molecule has 1 aliphatic rings. The first-order chi connectivity index (χ1) is 16.5. The summed E-state index contributed by atoms with van der Waals surface area (Å²) in [7, 11) is 1.86. The summed E-state index contributed by atoms with van der Waals surface area (Å²) in [5, 5.41) is 18.1. The normalized spacial score (nSPS) is 17.9. The zero-order valence-corrected chi connectivity index (χ0v) is 18.1. The van der Waals surface area contributed by atoms with E-state index in [2.05, 4.69) is 25.7 Å². The fourth-order valence-corrected chi connectivity index (χ4v) is 3.56. The van der Waals surface area contributed by atoms with Crippen LogP contribution in [0.2, 0.25) is 0 Å². The predicted molar refractivity (Wildman–Crippen MR) is 116 cm³/mol. The van der Waals surface area contributed by atoms with Crippen molar-refractivity contribution in [3.63, 3.8) is 0 Å². The number of hydrogen-bond donors (Lipinski definition) is 3. The zero-order chi connectivity index (χ0) is 25.3. The lowest BCUT2D eigenvalue weighted by Crippen LogP contribution is -2.21. The molecule has 184 valence electrons. The number of carboxylic acids is 1. The Bertz CT molecular complexity index is 1400. The summed E-state index contributed by atoms with van der Waals surface area (Å²) in [6.07, 6.45) is 1.34. The predicted octanol–water partition coefficient (Wildman–Crippen LogP) is 2.87. The van der Waals surface area contributed by atoms with Crippen molar-refractivity contribution in [1.82, 2.24) is 29.5 Å². The third-order valence-electron chi connectivity index (χ3n) is 5.29. The Hall–Kier alpha value is -4.07. The van der Waals surface area contributed by atoms with Gasteiger partial charge in [-0.25, -0.2) is 19.2 Å². The Kier molecular flexibility index (Phi) is 6.39. The van der Waals surface area contributed by atoms with Gasteiger partial charge in [-0.1, -0.05) is 0 Å². The van der Waals surface area contributed by atoms with Crippen LogP contribution in [-0.4, -0.2) is 60.0 Å². The molecule has 0 radical (unpaired) electrons. The van der Waals surface area contributed by atoms with Crippen molar-refractivity contribution in [2.45, 2.75) is 24.8 Å². The highest BCUT2D eigenvalue weighted by molar-refractivity contribution is 6.05. The molecule has 0 bridgehead atoms. The maximum Gasteiger partial charge on any atom is 0.490 e. The number of carbonyl (C=O) groups is 2. The van der Waals surface area contributed by atoms with Crippen molar-refractivity contribution in [2.24, 2.45) is 7.05 Å². The van der Waals surface area contributed by atoms with Crippen molar-refractivity contribution in [3.05, 3.63) is 54.2 Å². The van der Waals surface area contributed by atoms with Crippen LogP contribution in [0.25, 0.3) is 16.6 Å². The van der Waals surface area contributed by atoms with Gasteiger partial charge in [0, 0.05) is 37.2 Å². The summed E-state index contributed by atoms with van der Waals surface area (Å²) in [5.41, 5.74) is 2.90. The molecule has 0 spiro atoms. The standard InChI is InChI=1S/C19H18FN7O.C2HF3O2/c1-26-16-3-2-11(4-12(16)6-23-26)19(28)25-17-10-27-9-15(24-18(27)8-22-17)14-5-13(20)7-21-14;3-2(4,5)1(6)7/h2-4,6,8-10,13-14,21H,5,7H2,1H3,(H,25,28);(H,6,7)/t13-,14+;/m0./s1. The van der Waals surface area contributed by atoms with Gasteiger partial charge in [0.2, 0.25) is 0 Å². The molecule has 1 aromatic carbocycles. The maximum atomic E-state index is 13.4. The average molecular weight is 493 g/mol. The summed E-state index contributed by atoms with van der Waals surface area (Å²) < 4.78 is 48.7. The monoisotopic (exact) mass is 493 g/mol. The molecule has 4 heterocycles. The lowest BCUT2D eigenvalue weighted by Gasteiger charge is -2.05. The van der Waals surface area contributed by atoms with E-state index in [4.69, 9.17) is 9.90 Å². The highest BCUT2D eigenvalue weighted by atomic mass is 19.4. The molecule has 4 aromatic rings. The molecule has 1 saturated heterocycles. The van der Waals surface area contributed by atoms with Crippen LogP contribution in [0.1, 0.15) is 28.5 Å². The van der Waals surface area contributed by atoms with E-state index < -0.39 is 18.3 Å². The number of aryl methyl sites for hydroxylation is 1. The van der Waals surface area contributed by atoms with Crippen LogP contribution in [0.5, 0.6) is 0 Å². The molecule has 3 aromatic heterocycles. The quantitative estimate of drug-likeness (QED) is 0.375. The van der Waals surface area contributed by atoms with Crippen LogP contribution in [0.15, 0.2) is 43.0 Å². The number of nitrogens with one attached hydrogen (secondary N) is 2. The smallest absolute Gasteiger partial charge is 0.475 e. The Morgan fingerprint density at radius 1 is 1.23 bits per heavy atom. The summed E-state index contributed by atoms with van der Waals surface area (Å²) >= 11 is 0. The maximum absolute atomic E-state index is 13.4. The largest absolute Gasteiger partial charge is 0.490 e.